The molecule has 0 aromatic heterocycles. The summed E-state index contributed by atoms with van der Waals surface area (Å²) in [6.45, 7) is 8.19. The van der Waals surface area contributed by atoms with Gasteiger partial charge in [-0.25, -0.2) is 4.39 Å². The zero-order chi connectivity index (χ0) is 13.6. The highest BCUT2D eigenvalue weighted by Crippen LogP contribution is 2.42. The van der Waals surface area contributed by atoms with Crippen LogP contribution in [0.4, 0.5) is 4.39 Å². The molecule has 0 aliphatic carbocycles. The molecule has 1 aliphatic heterocycles. The Balaban J connectivity index is 2.42. The van der Waals surface area contributed by atoms with Crippen LogP contribution in [0.25, 0.3) is 6.08 Å². The molecule has 0 bridgehead atoms. The number of ether oxygens (including phenoxy) is 1. The molecule has 0 atom stereocenters. The molecule has 18 heavy (non-hydrogen) atoms. The molecular formula is C15H18BrFO. The maximum Gasteiger partial charge on any atom is 0.130 e. The monoisotopic (exact) mass is 312 g/mol. The summed E-state index contributed by atoms with van der Waals surface area (Å²) in [7, 11) is 0. The van der Waals surface area contributed by atoms with Crippen LogP contribution in [0, 0.1) is 5.82 Å². The summed E-state index contributed by atoms with van der Waals surface area (Å²) in [5, 5.41) is 0. The van der Waals surface area contributed by atoms with Gasteiger partial charge in [0, 0.05) is 10.0 Å². The summed E-state index contributed by atoms with van der Waals surface area (Å²) in [5.41, 5.74) is 1.22. The standard InChI is InChI=1S/C15H18BrFO/c1-14(2)9-11(15(3,4)18-14)7-10-8-12(16)5-6-13(10)17/h5-8H,9H2,1-4H3. The fourth-order valence-corrected chi connectivity index (χ4v) is 2.88. The molecule has 1 aliphatic rings. The van der Waals surface area contributed by atoms with Gasteiger partial charge in [-0.15, -0.1) is 0 Å². The smallest absolute Gasteiger partial charge is 0.130 e. The number of hydrogen-bond donors (Lipinski definition) is 0. The van der Waals surface area contributed by atoms with Gasteiger partial charge in [0.1, 0.15) is 5.82 Å². The van der Waals surface area contributed by atoms with Gasteiger partial charge in [-0.1, -0.05) is 15.9 Å². The number of benzene rings is 1. The van der Waals surface area contributed by atoms with Gasteiger partial charge in [-0.05, 0) is 64.0 Å². The van der Waals surface area contributed by atoms with Gasteiger partial charge in [0.2, 0.25) is 0 Å². The van der Waals surface area contributed by atoms with Gasteiger partial charge in [-0.2, -0.15) is 0 Å². The van der Waals surface area contributed by atoms with Crippen LogP contribution in [0.5, 0.6) is 0 Å². The van der Waals surface area contributed by atoms with Crippen LogP contribution in [-0.4, -0.2) is 11.2 Å². The topological polar surface area (TPSA) is 9.23 Å². The van der Waals surface area contributed by atoms with Crippen molar-refractivity contribution in [1.29, 1.82) is 0 Å². The van der Waals surface area contributed by atoms with Crippen molar-refractivity contribution in [1.82, 2.24) is 0 Å². The predicted molar refractivity (Wildman–Crippen MR) is 75.9 cm³/mol. The fraction of sp³-hybridized carbons (Fsp3) is 0.467. The van der Waals surface area contributed by atoms with E-state index in [4.69, 9.17) is 4.74 Å². The highest BCUT2D eigenvalue weighted by Gasteiger charge is 2.41. The quantitative estimate of drug-likeness (QED) is 0.713. The van der Waals surface area contributed by atoms with E-state index in [9.17, 15) is 4.39 Å². The molecule has 0 saturated carbocycles. The Kier molecular flexibility index (Phi) is 3.41. The molecule has 1 fully saturated rings. The summed E-state index contributed by atoms with van der Waals surface area (Å²) in [5.74, 6) is -0.203. The Hall–Kier alpha value is -0.670. The van der Waals surface area contributed by atoms with E-state index in [1.54, 1.807) is 12.1 Å². The second kappa shape index (κ2) is 4.46. The molecule has 0 radical (unpaired) electrons. The van der Waals surface area contributed by atoms with Crippen molar-refractivity contribution in [3.8, 4) is 0 Å². The summed E-state index contributed by atoms with van der Waals surface area (Å²) in [6, 6.07) is 4.98. The second-order valence-electron chi connectivity index (χ2n) is 5.88. The lowest BCUT2D eigenvalue weighted by Gasteiger charge is -2.24. The molecule has 1 aromatic rings. The molecular weight excluding hydrogens is 295 g/mol. The minimum Gasteiger partial charge on any atom is -0.365 e. The van der Waals surface area contributed by atoms with Crippen LogP contribution in [0.1, 0.15) is 39.7 Å². The largest absolute Gasteiger partial charge is 0.365 e. The van der Waals surface area contributed by atoms with Crippen LogP contribution in [0.2, 0.25) is 0 Å². The van der Waals surface area contributed by atoms with Crippen LogP contribution in [0.3, 0.4) is 0 Å². The molecule has 2 rings (SSSR count). The summed E-state index contributed by atoms with van der Waals surface area (Å²) in [4.78, 5) is 0. The Labute approximate surface area is 116 Å². The van der Waals surface area contributed by atoms with Crippen molar-refractivity contribution in [3.05, 3.63) is 39.6 Å². The zero-order valence-corrected chi connectivity index (χ0v) is 12.8. The average molecular weight is 313 g/mol. The van der Waals surface area contributed by atoms with Crippen LogP contribution < -0.4 is 0 Å². The molecule has 1 nitrogen and oxygen atoms in total. The molecule has 0 unspecified atom stereocenters. The van der Waals surface area contributed by atoms with E-state index in [0.717, 1.165) is 16.5 Å². The first-order valence-electron chi connectivity index (χ1n) is 6.06. The first-order chi connectivity index (χ1) is 8.20. The third-order valence-electron chi connectivity index (χ3n) is 3.21. The van der Waals surface area contributed by atoms with Gasteiger partial charge in [-0.3, -0.25) is 0 Å². The molecule has 3 heteroatoms. The molecule has 0 spiro atoms. The molecule has 0 N–H and O–H groups in total. The SMILES string of the molecule is CC1(C)CC(=Cc2cc(Br)ccc2F)C(C)(C)O1. The molecule has 0 amide bonds. The minimum absolute atomic E-state index is 0.183. The summed E-state index contributed by atoms with van der Waals surface area (Å²) < 4.78 is 20.6. The lowest BCUT2D eigenvalue weighted by atomic mass is 9.92. The molecule has 1 aromatic carbocycles. The number of hydrogen-bond acceptors (Lipinski definition) is 1. The van der Waals surface area contributed by atoms with Gasteiger partial charge in [0.05, 0.1) is 11.2 Å². The van der Waals surface area contributed by atoms with Crippen molar-refractivity contribution in [2.24, 2.45) is 0 Å². The van der Waals surface area contributed by atoms with Gasteiger partial charge in [0.25, 0.3) is 0 Å². The first-order valence-corrected chi connectivity index (χ1v) is 6.85. The zero-order valence-electron chi connectivity index (χ0n) is 11.2. The van der Waals surface area contributed by atoms with E-state index in [0.29, 0.717) is 5.56 Å². The Morgan fingerprint density at radius 1 is 1.28 bits per heavy atom. The van der Waals surface area contributed by atoms with E-state index >= 15 is 0 Å². The maximum absolute atomic E-state index is 13.8. The Morgan fingerprint density at radius 2 is 1.94 bits per heavy atom. The first kappa shape index (κ1) is 13.8. The molecule has 98 valence electrons. The van der Waals surface area contributed by atoms with Gasteiger partial charge < -0.3 is 4.74 Å². The number of halogens is 2. The Bertz CT molecular complexity index is 503. The van der Waals surface area contributed by atoms with E-state index in [-0.39, 0.29) is 17.0 Å². The van der Waals surface area contributed by atoms with E-state index in [1.165, 1.54) is 6.07 Å². The van der Waals surface area contributed by atoms with Crippen molar-refractivity contribution in [2.75, 3.05) is 0 Å². The summed E-state index contributed by atoms with van der Waals surface area (Å²) >= 11 is 3.37. The molecule has 1 heterocycles. The number of rotatable bonds is 1. The normalized spacial score (nSPS) is 23.6. The molecule has 1 saturated heterocycles. The van der Waals surface area contributed by atoms with Crippen molar-refractivity contribution in [3.63, 3.8) is 0 Å². The van der Waals surface area contributed by atoms with E-state index in [2.05, 4.69) is 29.8 Å². The minimum atomic E-state index is -0.335. The summed E-state index contributed by atoms with van der Waals surface area (Å²) in [6.07, 6.45) is 2.74. The highest BCUT2D eigenvalue weighted by molar-refractivity contribution is 9.10. The third kappa shape index (κ3) is 2.83. The van der Waals surface area contributed by atoms with E-state index < -0.39 is 0 Å². The lowest BCUT2D eigenvalue weighted by Crippen LogP contribution is -2.26. The highest BCUT2D eigenvalue weighted by atomic mass is 79.9. The van der Waals surface area contributed by atoms with Crippen molar-refractivity contribution < 1.29 is 9.13 Å². The maximum atomic E-state index is 13.8. The van der Waals surface area contributed by atoms with Crippen LogP contribution in [0.15, 0.2) is 28.2 Å². The second-order valence-corrected chi connectivity index (χ2v) is 6.80. The van der Waals surface area contributed by atoms with Crippen LogP contribution in [-0.2, 0) is 4.74 Å². The van der Waals surface area contributed by atoms with E-state index in [1.807, 2.05) is 19.9 Å². The van der Waals surface area contributed by atoms with Crippen LogP contribution >= 0.6 is 15.9 Å². The van der Waals surface area contributed by atoms with Crippen molar-refractivity contribution in [2.45, 2.75) is 45.3 Å². The van der Waals surface area contributed by atoms with Gasteiger partial charge >= 0.3 is 0 Å². The predicted octanol–water partition coefficient (Wildman–Crippen LogP) is 4.95. The lowest BCUT2D eigenvalue weighted by molar-refractivity contribution is -0.0565. The Morgan fingerprint density at radius 3 is 2.50 bits per heavy atom. The average Bonchev–Trinajstić information content (AvgIpc) is 2.40. The van der Waals surface area contributed by atoms with Gasteiger partial charge in [0.15, 0.2) is 0 Å². The fourth-order valence-electron chi connectivity index (χ4n) is 2.50. The third-order valence-corrected chi connectivity index (χ3v) is 3.70. The van der Waals surface area contributed by atoms with Crippen molar-refractivity contribution >= 4 is 22.0 Å².